The molecule has 1 aliphatic rings. The molecule has 1 aliphatic heterocycles. The number of nitrogens with one attached hydrogen (secondary N) is 2. The first-order valence-corrected chi connectivity index (χ1v) is 11.8. The van der Waals surface area contributed by atoms with Gasteiger partial charge in [-0.3, -0.25) is 9.69 Å². The predicted molar refractivity (Wildman–Crippen MR) is 129 cm³/mol. The van der Waals surface area contributed by atoms with Crippen LogP contribution >= 0.6 is 0 Å². The number of alkyl halides is 3. The molecule has 3 aromatic heterocycles. The van der Waals surface area contributed by atoms with E-state index in [-0.39, 0.29) is 19.1 Å². The first-order chi connectivity index (χ1) is 17.6. The number of fused-ring (bicyclic) bond motifs is 1. The lowest BCUT2D eigenvalue weighted by atomic mass is 10.1. The number of aryl methyl sites for hydroxylation is 1. The minimum atomic E-state index is -4.49. The lowest BCUT2D eigenvalue weighted by Crippen LogP contribution is -2.50. The van der Waals surface area contributed by atoms with Gasteiger partial charge < -0.3 is 19.7 Å². The van der Waals surface area contributed by atoms with Crippen LogP contribution in [0.15, 0.2) is 41.1 Å². The van der Waals surface area contributed by atoms with E-state index in [1.54, 1.807) is 13.1 Å². The molecule has 0 aliphatic carbocycles. The number of amides is 1. The highest BCUT2D eigenvalue weighted by molar-refractivity contribution is 5.82. The Labute approximate surface area is 209 Å². The second-order valence-electron chi connectivity index (χ2n) is 8.95. The number of anilines is 2. The van der Waals surface area contributed by atoms with Crippen molar-refractivity contribution in [2.75, 3.05) is 31.5 Å². The standard InChI is InChI=1S/C24H25F3N8O2/c1-14(34-7-9-35(10-8-34)21(36)13-24(25,26)27)16-5-6-28-20(12-16)32-23-30-18-4-3-17(11-19(18)31-23)22-29-15(2)33-37-22/h3-6,11-12,14H,7-10,13H2,1-2H3,(H2,28,30,31,32)/t14-/m0/s1. The summed E-state index contributed by atoms with van der Waals surface area (Å²) in [5, 5.41) is 7.01. The monoisotopic (exact) mass is 514 g/mol. The van der Waals surface area contributed by atoms with E-state index in [9.17, 15) is 18.0 Å². The average molecular weight is 515 g/mol. The van der Waals surface area contributed by atoms with Gasteiger partial charge in [-0.1, -0.05) is 5.16 Å². The SMILES string of the molecule is Cc1noc(-c2ccc3nc(Nc4cc([C@H](C)N5CCN(C(=O)CC(F)(F)F)CC5)ccn4)[nH]c3c2)n1. The summed E-state index contributed by atoms with van der Waals surface area (Å²) < 4.78 is 42.9. The molecular formula is C24H25F3N8O2. The molecule has 0 unspecified atom stereocenters. The van der Waals surface area contributed by atoms with Crippen molar-refractivity contribution >= 4 is 28.7 Å². The van der Waals surface area contributed by atoms with Crippen molar-refractivity contribution in [1.82, 2.24) is 34.9 Å². The third-order valence-electron chi connectivity index (χ3n) is 6.34. The molecule has 1 atom stereocenters. The number of rotatable bonds is 6. The fourth-order valence-corrected chi connectivity index (χ4v) is 4.37. The van der Waals surface area contributed by atoms with E-state index in [2.05, 4.69) is 35.3 Å². The number of imidazole rings is 1. The number of H-pyrrole nitrogens is 1. The summed E-state index contributed by atoms with van der Waals surface area (Å²) in [6.45, 7) is 5.28. The molecule has 13 heteroatoms. The Morgan fingerprint density at radius 2 is 1.95 bits per heavy atom. The van der Waals surface area contributed by atoms with Gasteiger partial charge in [0, 0.05) is 44.0 Å². The predicted octanol–water partition coefficient (Wildman–Crippen LogP) is 4.22. The zero-order chi connectivity index (χ0) is 26.2. The maximum Gasteiger partial charge on any atom is 0.397 e. The normalized spacial score (nSPS) is 15.8. The van der Waals surface area contributed by atoms with Gasteiger partial charge >= 0.3 is 6.18 Å². The molecule has 10 nitrogen and oxygen atoms in total. The van der Waals surface area contributed by atoms with E-state index in [0.29, 0.717) is 36.6 Å². The highest BCUT2D eigenvalue weighted by Gasteiger charge is 2.35. The fourth-order valence-electron chi connectivity index (χ4n) is 4.37. The molecule has 1 aromatic carbocycles. The van der Waals surface area contributed by atoms with Crippen molar-refractivity contribution in [3.05, 3.63) is 47.9 Å². The highest BCUT2D eigenvalue weighted by Crippen LogP contribution is 2.27. The molecule has 2 N–H and O–H groups in total. The Morgan fingerprint density at radius 3 is 2.65 bits per heavy atom. The van der Waals surface area contributed by atoms with Crippen molar-refractivity contribution in [3.8, 4) is 11.5 Å². The third-order valence-corrected chi connectivity index (χ3v) is 6.34. The zero-order valence-electron chi connectivity index (χ0n) is 20.2. The lowest BCUT2D eigenvalue weighted by molar-refractivity contribution is -0.162. The average Bonchev–Trinajstić information content (AvgIpc) is 3.47. The molecule has 1 fully saturated rings. The number of aromatic amines is 1. The van der Waals surface area contributed by atoms with Crippen LogP contribution in [0.4, 0.5) is 24.9 Å². The first-order valence-electron chi connectivity index (χ1n) is 11.8. The Morgan fingerprint density at radius 1 is 1.16 bits per heavy atom. The van der Waals surface area contributed by atoms with Gasteiger partial charge in [-0.25, -0.2) is 9.97 Å². The van der Waals surface area contributed by atoms with Crippen LogP contribution in [0, 0.1) is 6.92 Å². The minimum Gasteiger partial charge on any atom is -0.340 e. The molecule has 0 spiro atoms. The van der Waals surface area contributed by atoms with Crippen molar-refractivity contribution in [2.24, 2.45) is 0 Å². The van der Waals surface area contributed by atoms with Crippen LogP contribution in [0.25, 0.3) is 22.5 Å². The molecule has 5 rings (SSSR count). The number of carbonyl (C=O) groups is 1. The Hall–Kier alpha value is -4.00. The van der Waals surface area contributed by atoms with Crippen LogP contribution < -0.4 is 5.32 Å². The van der Waals surface area contributed by atoms with Crippen LogP contribution in [0.2, 0.25) is 0 Å². The maximum atomic E-state index is 12.5. The first kappa shape index (κ1) is 24.7. The van der Waals surface area contributed by atoms with E-state index in [4.69, 9.17) is 4.52 Å². The topological polar surface area (TPSA) is 116 Å². The largest absolute Gasteiger partial charge is 0.397 e. The van der Waals surface area contributed by atoms with E-state index in [1.165, 1.54) is 4.90 Å². The molecule has 4 heterocycles. The van der Waals surface area contributed by atoms with Crippen LogP contribution in [-0.4, -0.2) is 73.2 Å². The number of halogens is 3. The summed E-state index contributed by atoms with van der Waals surface area (Å²) in [5.41, 5.74) is 3.30. The molecular weight excluding hydrogens is 489 g/mol. The minimum absolute atomic E-state index is 0.0143. The summed E-state index contributed by atoms with van der Waals surface area (Å²) in [4.78, 5) is 31.7. The summed E-state index contributed by atoms with van der Waals surface area (Å²) >= 11 is 0. The maximum absolute atomic E-state index is 12.5. The highest BCUT2D eigenvalue weighted by atomic mass is 19.4. The van der Waals surface area contributed by atoms with Crippen LogP contribution in [-0.2, 0) is 4.79 Å². The van der Waals surface area contributed by atoms with Crippen LogP contribution in [0.5, 0.6) is 0 Å². The van der Waals surface area contributed by atoms with E-state index < -0.39 is 18.5 Å². The fraction of sp³-hybridized carbons (Fsp3) is 0.375. The van der Waals surface area contributed by atoms with Gasteiger partial charge in [0.15, 0.2) is 5.82 Å². The number of piperazine rings is 1. The van der Waals surface area contributed by atoms with Crippen molar-refractivity contribution < 1.29 is 22.5 Å². The molecule has 1 saturated heterocycles. The summed E-state index contributed by atoms with van der Waals surface area (Å²) in [7, 11) is 0. The molecule has 194 valence electrons. The van der Waals surface area contributed by atoms with Gasteiger partial charge in [0.1, 0.15) is 12.2 Å². The molecule has 37 heavy (non-hydrogen) atoms. The summed E-state index contributed by atoms with van der Waals surface area (Å²) in [6, 6.07) is 9.39. The number of nitrogens with zero attached hydrogens (tertiary/aromatic N) is 6. The van der Waals surface area contributed by atoms with E-state index in [1.807, 2.05) is 37.3 Å². The summed E-state index contributed by atoms with van der Waals surface area (Å²) in [6.07, 6.45) is -4.21. The molecule has 1 amide bonds. The van der Waals surface area contributed by atoms with Crippen molar-refractivity contribution in [1.29, 1.82) is 0 Å². The quantitative estimate of drug-likeness (QED) is 0.393. The summed E-state index contributed by atoms with van der Waals surface area (Å²) in [5.74, 6) is 1.22. The smallest absolute Gasteiger partial charge is 0.340 e. The van der Waals surface area contributed by atoms with Gasteiger partial charge in [-0.05, 0) is 49.7 Å². The van der Waals surface area contributed by atoms with Crippen LogP contribution in [0.3, 0.4) is 0 Å². The number of hydrogen-bond donors (Lipinski definition) is 2. The van der Waals surface area contributed by atoms with Gasteiger partial charge in [0.25, 0.3) is 5.89 Å². The lowest BCUT2D eigenvalue weighted by Gasteiger charge is -2.38. The number of hydrogen-bond acceptors (Lipinski definition) is 8. The molecule has 0 saturated carbocycles. The Bertz CT molecular complexity index is 1410. The van der Waals surface area contributed by atoms with Gasteiger partial charge in [0.2, 0.25) is 11.9 Å². The molecule has 0 radical (unpaired) electrons. The van der Waals surface area contributed by atoms with E-state index >= 15 is 0 Å². The second kappa shape index (κ2) is 9.81. The van der Waals surface area contributed by atoms with Gasteiger partial charge in [-0.15, -0.1) is 0 Å². The number of carbonyl (C=O) groups excluding carboxylic acids is 1. The third kappa shape index (κ3) is 5.71. The molecule has 0 bridgehead atoms. The molecule has 4 aromatic rings. The van der Waals surface area contributed by atoms with Crippen molar-refractivity contribution in [3.63, 3.8) is 0 Å². The van der Waals surface area contributed by atoms with Gasteiger partial charge in [-0.2, -0.15) is 18.2 Å². The van der Waals surface area contributed by atoms with Crippen LogP contribution in [0.1, 0.15) is 30.8 Å². The Kier molecular flexibility index (Phi) is 6.54. The zero-order valence-corrected chi connectivity index (χ0v) is 20.2. The number of benzene rings is 1. The van der Waals surface area contributed by atoms with Crippen molar-refractivity contribution in [2.45, 2.75) is 32.5 Å². The second-order valence-corrected chi connectivity index (χ2v) is 8.95. The Balaban J connectivity index is 1.24. The number of aromatic nitrogens is 5. The number of pyridine rings is 1. The van der Waals surface area contributed by atoms with Gasteiger partial charge in [0.05, 0.1) is 11.0 Å². The van der Waals surface area contributed by atoms with E-state index in [0.717, 1.165) is 22.2 Å².